The highest BCUT2D eigenvalue weighted by Gasteiger charge is 2.35. The van der Waals surface area contributed by atoms with E-state index in [0.29, 0.717) is 13.2 Å². The third kappa shape index (κ3) is 4.44. The first kappa shape index (κ1) is 14.1. The Morgan fingerprint density at radius 1 is 1.35 bits per heavy atom. The lowest BCUT2D eigenvalue weighted by Crippen LogP contribution is -2.37. The van der Waals surface area contributed by atoms with Gasteiger partial charge in [-0.2, -0.15) is 0 Å². The Bertz CT molecular complexity index is 268. The van der Waals surface area contributed by atoms with Gasteiger partial charge in [0.25, 0.3) is 0 Å². The highest BCUT2D eigenvalue weighted by atomic mass is 16.5. The second-order valence-corrected chi connectivity index (χ2v) is 4.32. The molecule has 98 valence electrons. The standard InChI is InChI=1S/C12H22N2O3/c1-3-4-7-17-8-5-6-13-10-9-11(15)14(2)12(10)16/h10,13H,3-9H2,1-2H3. The Labute approximate surface area is 102 Å². The van der Waals surface area contributed by atoms with Crippen LogP contribution in [0.2, 0.25) is 0 Å². The molecule has 1 heterocycles. The van der Waals surface area contributed by atoms with Crippen molar-refractivity contribution in [2.24, 2.45) is 0 Å². The summed E-state index contributed by atoms with van der Waals surface area (Å²) in [5.41, 5.74) is 0. The molecule has 0 aromatic rings. The van der Waals surface area contributed by atoms with Crippen LogP contribution in [0, 0.1) is 0 Å². The Balaban J connectivity index is 2.04. The van der Waals surface area contributed by atoms with Gasteiger partial charge in [0, 0.05) is 20.3 Å². The molecule has 2 amide bonds. The number of unbranched alkanes of at least 4 members (excludes halogenated alkanes) is 1. The lowest BCUT2D eigenvalue weighted by Gasteiger charge is -2.10. The van der Waals surface area contributed by atoms with Crippen LogP contribution in [-0.2, 0) is 14.3 Å². The first-order chi connectivity index (χ1) is 8.16. The van der Waals surface area contributed by atoms with Crippen molar-refractivity contribution in [2.75, 3.05) is 26.8 Å². The highest BCUT2D eigenvalue weighted by molar-refractivity contribution is 6.05. The number of rotatable bonds is 8. The summed E-state index contributed by atoms with van der Waals surface area (Å²) in [6.07, 6.45) is 3.38. The number of carbonyl (C=O) groups is 2. The number of likely N-dealkylation sites (N-methyl/N-ethyl adjacent to an activating group) is 1. The van der Waals surface area contributed by atoms with Gasteiger partial charge in [-0.15, -0.1) is 0 Å². The molecule has 0 aromatic heterocycles. The van der Waals surface area contributed by atoms with E-state index < -0.39 is 0 Å². The van der Waals surface area contributed by atoms with Crippen LogP contribution in [0.5, 0.6) is 0 Å². The molecule has 1 aliphatic rings. The van der Waals surface area contributed by atoms with E-state index in [1.165, 1.54) is 11.9 Å². The van der Waals surface area contributed by atoms with Crippen molar-refractivity contribution in [1.29, 1.82) is 0 Å². The van der Waals surface area contributed by atoms with Crippen LogP contribution in [0.3, 0.4) is 0 Å². The van der Waals surface area contributed by atoms with Crippen molar-refractivity contribution in [3.8, 4) is 0 Å². The molecule has 1 saturated heterocycles. The van der Waals surface area contributed by atoms with Crippen molar-refractivity contribution >= 4 is 11.8 Å². The van der Waals surface area contributed by atoms with Crippen LogP contribution in [0.25, 0.3) is 0 Å². The van der Waals surface area contributed by atoms with Gasteiger partial charge in [0.1, 0.15) is 0 Å². The summed E-state index contributed by atoms with van der Waals surface area (Å²) in [6.45, 7) is 4.35. The van der Waals surface area contributed by atoms with Crippen molar-refractivity contribution in [3.63, 3.8) is 0 Å². The van der Waals surface area contributed by atoms with E-state index in [1.807, 2.05) is 0 Å². The van der Waals surface area contributed by atoms with Crippen molar-refractivity contribution in [1.82, 2.24) is 10.2 Å². The summed E-state index contributed by atoms with van der Waals surface area (Å²) in [7, 11) is 1.53. The van der Waals surface area contributed by atoms with Gasteiger partial charge in [-0.25, -0.2) is 0 Å². The molecule has 1 aliphatic heterocycles. The van der Waals surface area contributed by atoms with Gasteiger partial charge in [-0.1, -0.05) is 13.3 Å². The monoisotopic (exact) mass is 242 g/mol. The summed E-state index contributed by atoms with van der Waals surface area (Å²) < 4.78 is 5.41. The van der Waals surface area contributed by atoms with Crippen LogP contribution in [0.1, 0.15) is 32.6 Å². The number of hydrogen-bond acceptors (Lipinski definition) is 4. The normalized spacial score (nSPS) is 20.4. The topological polar surface area (TPSA) is 58.6 Å². The van der Waals surface area contributed by atoms with Crippen molar-refractivity contribution in [3.05, 3.63) is 0 Å². The molecule has 0 saturated carbocycles. The zero-order chi connectivity index (χ0) is 12.7. The number of amides is 2. The summed E-state index contributed by atoms with van der Waals surface area (Å²) in [5, 5.41) is 3.09. The molecule has 0 aliphatic carbocycles. The van der Waals surface area contributed by atoms with Gasteiger partial charge in [0.2, 0.25) is 11.8 Å². The van der Waals surface area contributed by atoms with E-state index in [-0.39, 0.29) is 24.3 Å². The average Bonchev–Trinajstić information content (AvgIpc) is 2.56. The number of imide groups is 1. The molecule has 0 bridgehead atoms. The minimum absolute atomic E-state index is 0.105. The predicted octanol–water partition coefficient (Wildman–Crippen LogP) is 0.540. The highest BCUT2D eigenvalue weighted by Crippen LogP contribution is 2.10. The molecular formula is C12H22N2O3. The number of ether oxygens (including phenoxy) is 1. The van der Waals surface area contributed by atoms with Crippen LogP contribution in [0.15, 0.2) is 0 Å². The fourth-order valence-electron chi connectivity index (χ4n) is 1.71. The summed E-state index contributed by atoms with van der Waals surface area (Å²) in [6, 6.07) is -0.330. The third-order valence-corrected chi connectivity index (χ3v) is 2.88. The number of nitrogens with zero attached hydrogens (tertiary/aromatic N) is 1. The number of likely N-dealkylation sites (tertiary alicyclic amines) is 1. The SMILES string of the molecule is CCCCOCCCNC1CC(=O)N(C)C1=O. The maximum Gasteiger partial charge on any atom is 0.246 e. The fraction of sp³-hybridized carbons (Fsp3) is 0.833. The zero-order valence-corrected chi connectivity index (χ0v) is 10.7. The van der Waals surface area contributed by atoms with E-state index in [1.54, 1.807) is 0 Å². The minimum atomic E-state index is -0.330. The molecule has 1 fully saturated rings. The minimum Gasteiger partial charge on any atom is -0.381 e. The first-order valence-corrected chi connectivity index (χ1v) is 6.28. The molecule has 17 heavy (non-hydrogen) atoms. The summed E-state index contributed by atoms with van der Waals surface area (Å²) in [5.74, 6) is -0.228. The van der Waals surface area contributed by atoms with Gasteiger partial charge >= 0.3 is 0 Å². The maximum absolute atomic E-state index is 11.5. The fourth-order valence-corrected chi connectivity index (χ4v) is 1.71. The van der Waals surface area contributed by atoms with Gasteiger partial charge in [-0.05, 0) is 19.4 Å². The summed E-state index contributed by atoms with van der Waals surface area (Å²) >= 11 is 0. The van der Waals surface area contributed by atoms with Crippen molar-refractivity contribution in [2.45, 2.75) is 38.6 Å². The van der Waals surface area contributed by atoms with Gasteiger partial charge < -0.3 is 10.1 Å². The van der Waals surface area contributed by atoms with Gasteiger partial charge in [0.05, 0.1) is 12.5 Å². The molecule has 1 atom stereocenters. The van der Waals surface area contributed by atoms with E-state index in [4.69, 9.17) is 4.74 Å². The third-order valence-electron chi connectivity index (χ3n) is 2.88. The predicted molar refractivity (Wildman–Crippen MR) is 64.5 cm³/mol. The average molecular weight is 242 g/mol. The Morgan fingerprint density at radius 3 is 2.65 bits per heavy atom. The Kier molecular flexibility index (Phi) is 6.15. The zero-order valence-electron chi connectivity index (χ0n) is 10.7. The van der Waals surface area contributed by atoms with E-state index in [2.05, 4.69) is 12.2 Å². The lowest BCUT2D eigenvalue weighted by molar-refractivity contribution is -0.137. The molecule has 0 spiro atoms. The first-order valence-electron chi connectivity index (χ1n) is 6.28. The molecule has 1 N–H and O–H groups in total. The van der Waals surface area contributed by atoms with E-state index in [9.17, 15) is 9.59 Å². The van der Waals surface area contributed by atoms with Crippen LogP contribution in [-0.4, -0.2) is 49.6 Å². The van der Waals surface area contributed by atoms with Crippen LogP contribution < -0.4 is 5.32 Å². The quantitative estimate of drug-likeness (QED) is 0.498. The lowest BCUT2D eigenvalue weighted by atomic mass is 10.2. The van der Waals surface area contributed by atoms with Gasteiger partial charge in [0.15, 0.2) is 0 Å². The number of hydrogen-bond donors (Lipinski definition) is 1. The van der Waals surface area contributed by atoms with Crippen LogP contribution >= 0.6 is 0 Å². The summed E-state index contributed by atoms with van der Waals surface area (Å²) in [4.78, 5) is 24.0. The second-order valence-electron chi connectivity index (χ2n) is 4.32. The molecular weight excluding hydrogens is 220 g/mol. The molecule has 1 unspecified atom stereocenters. The second kappa shape index (κ2) is 7.40. The Morgan fingerprint density at radius 2 is 2.06 bits per heavy atom. The van der Waals surface area contributed by atoms with E-state index in [0.717, 1.165) is 25.9 Å². The number of carbonyl (C=O) groups excluding carboxylic acids is 2. The maximum atomic E-state index is 11.5. The smallest absolute Gasteiger partial charge is 0.246 e. The van der Waals surface area contributed by atoms with E-state index >= 15 is 0 Å². The Hall–Kier alpha value is -0.940. The molecule has 1 rings (SSSR count). The van der Waals surface area contributed by atoms with Crippen LogP contribution in [0.4, 0.5) is 0 Å². The van der Waals surface area contributed by atoms with Gasteiger partial charge in [-0.3, -0.25) is 14.5 Å². The van der Waals surface area contributed by atoms with Crippen molar-refractivity contribution < 1.29 is 14.3 Å². The molecule has 5 heteroatoms. The molecule has 5 nitrogen and oxygen atoms in total. The number of nitrogens with one attached hydrogen (secondary N) is 1. The molecule has 0 aromatic carbocycles. The molecule has 0 radical (unpaired) electrons. The largest absolute Gasteiger partial charge is 0.381 e.